The van der Waals surface area contributed by atoms with E-state index < -0.39 is 0 Å². The predicted molar refractivity (Wildman–Crippen MR) is 116 cm³/mol. The number of aliphatic imine (C=N–C) groups is 1. The zero-order valence-corrected chi connectivity index (χ0v) is 17.2. The van der Waals surface area contributed by atoms with Crippen molar-refractivity contribution in [3.05, 3.63) is 71.9 Å². The van der Waals surface area contributed by atoms with Crippen LogP contribution in [0.25, 0.3) is 0 Å². The molecular formula is C20H25IN4O. The number of benzene rings is 1. The van der Waals surface area contributed by atoms with E-state index in [4.69, 9.17) is 4.74 Å². The van der Waals surface area contributed by atoms with Crippen molar-refractivity contribution >= 4 is 29.9 Å². The fourth-order valence-electron chi connectivity index (χ4n) is 2.72. The first kappa shape index (κ1) is 20.2. The summed E-state index contributed by atoms with van der Waals surface area (Å²) < 4.78 is 5.90. The van der Waals surface area contributed by atoms with E-state index >= 15 is 0 Å². The maximum absolute atomic E-state index is 5.90. The highest BCUT2D eigenvalue weighted by Crippen LogP contribution is 2.16. The van der Waals surface area contributed by atoms with E-state index in [1.54, 1.807) is 13.2 Å². The van der Waals surface area contributed by atoms with Crippen molar-refractivity contribution in [3.63, 3.8) is 0 Å². The number of hydrogen-bond acceptors (Lipinski definition) is 3. The number of guanidine groups is 1. The first-order valence-electron chi connectivity index (χ1n) is 8.58. The molecule has 0 atom stereocenters. The van der Waals surface area contributed by atoms with Gasteiger partial charge in [-0.25, -0.2) is 4.98 Å². The largest absolute Gasteiger partial charge is 0.473 e. The third-order valence-electron chi connectivity index (χ3n) is 4.09. The summed E-state index contributed by atoms with van der Waals surface area (Å²) >= 11 is 0. The molecule has 1 aliphatic rings. The van der Waals surface area contributed by atoms with Crippen LogP contribution in [-0.2, 0) is 13.2 Å². The Morgan fingerprint density at radius 2 is 1.92 bits per heavy atom. The Hall–Kier alpha value is -2.09. The molecule has 1 aromatic carbocycles. The van der Waals surface area contributed by atoms with E-state index in [0.717, 1.165) is 29.9 Å². The summed E-state index contributed by atoms with van der Waals surface area (Å²) in [5.74, 6) is 1.45. The minimum absolute atomic E-state index is 0. The molecule has 1 aliphatic carbocycles. The van der Waals surface area contributed by atoms with E-state index in [1.165, 1.54) is 0 Å². The van der Waals surface area contributed by atoms with Gasteiger partial charge in [-0.15, -0.1) is 24.0 Å². The van der Waals surface area contributed by atoms with Gasteiger partial charge < -0.3 is 15.4 Å². The van der Waals surface area contributed by atoms with Gasteiger partial charge in [-0.2, -0.15) is 0 Å². The number of nitrogens with one attached hydrogen (secondary N) is 2. The van der Waals surface area contributed by atoms with E-state index in [9.17, 15) is 0 Å². The lowest BCUT2D eigenvalue weighted by molar-refractivity contribution is 0.290. The van der Waals surface area contributed by atoms with Gasteiger partial charge in [-0.1, -0.05) is 48.6 Å². The maximum atomic E-state index is 5.90. The minimum atomic E-state index is 0. The van der Waals surface area contributed by atoms with E-state index in [1.807, 2.05) is 42.5 Å². The van der Waals surface area contributed by atoms with Gasteiger partial charge in [0.2, 0.25) is 5.88 Å². The Balaban J connectivity index is 0.00000243. The maximum Gasteiger partial charge on any atom is 0.218 e. The highest BCUT2D eigenvalue weighted by atomic mass is 127. The standard InChI is InChI=1S/C20H24N4O.HI/c1-21-20(24-18-11-5-6-12-18)23-14-17-10-7-13-22-19(17)25-15-16-8-3-2-4-9-16;/h2-10,13,18H,11-12,14-15H2,1H3,(H2,21,23,24);1H. The van der Waals surface area contributed by atoms with Crippen molar-refractivity contribution in [2.24, 2.45) is 4.99 Å². The number of hydrogen-bond donors (Lipinski definition) is 2. The van der Waals surface area contributed by atoms with Gasteiger partial charge >= 0.3 is 0 Å². The van der Waals surface area contributed by atoms with Gasteiger partial charge in [-0.05, 0) is 24.5 Å². The van der Waals surface area contributed by atoms with Crippen LogP contribution in [0.15, 0.2) is 65.8 Å². The van der Waals surface area contributed by atoms with Gasteiger partial charge in [0, 0.05) is 31.4 Å². The summed E-state index contributed by atoms with van der Waals surface area (Å²) in [4.78, 5) is 8.66. The fourth-order valence-corrected chi connectivity index (χ4v) is 2.72. The third kappa shape index (κ3) is 6.01. The van der Waals surface area contributed by atoms with Crippen molar-refractivity contribution in [1.82, 2.24) is 15.6 Å². The fraction of sp³-hybridized carbons (Fsp3) is 0.300. The summed E-state index contributed by atoms with van der Waals surface area (Å²) in [7, 11) is 1.79. The van der Waals surface area contributed by atoms with Gasteiger partial charge in [0.15, 0.2) is 5.96 Å². The first-order valence-corrected chi connectivity index (χ1v) is 8.58. The molecular weight excluding hydrogens is 439 g/mol. The van der Waals surface area contributed by atoms with Crippen molar-refractivity contribution < 1.29 is 4.74 Å². The summed E-state index contributed by atoms with van der Waals surface area (Å²) in [5.41, 5.74) is 2.13. The van der Waals surface area contributed by atoms with Crippen LogP contribution in [0.4, 0.5) is 0 Å². The van der Waals surface area contributed by atoms with Crippen LogP contribution in [0.1, 0.15) is 24.0 Å². The zero-order chi connectivity index (χ0) is 17.3. The molecule has 0 saturated heterocycles. The van der Waals surface area contributed by atoms with Gasteiger partial charge in [-0.3, -0.25) is 4.99 Å². The molecule has 2 N–H and O–H groups in total. The average molecular weight is 464 g/mol. The molecule has 0 unspecified atom stereocenters. The van der Waals surface area contributed by atoms with Crippen molar-refractivity contribution in [3.8, 4) is 5.88 Å². The van der Waals surface area contributed by atoms with Crippen LogP contribution in [0.3, 0.4) is 0 Å². The monoisotopic (exact) mass is 464 g/mol. The molecule has 0 bridgehead atoms. The van der Waals surface area contributed by atoms with Gasteiger partial charge in [0.1, 0.15) is 6.61 Å². The van der Waals surface area contributed by atoms with Crippen LogP contribution >= 0.6 is 24.0 Å². The van der Waals surface area contributed by atoms with Crippen LogP contribution < -0.4 is 15.4 Å². The van der Waals surface area contributed by atoms with E-state index in [-0.39, 0.29) is 24.0 Å². The second-order valence-corrected chi connectivity index (χ2v) is 5.95. The minimum Gasteiger partial charge on any atom is -0.473 e. The molecule has 1 aromatic heterocycles. The Morgan fingerprint density at radius 1 is 1.15 bits per heavy atom. The molecule has 6 heteroatoms. The number of nitrogens with zero attached hydrogens (tertiary/aromatic N) is 2. The summed E-state index contributed by atoms with van der Waals surface area (Å²) in [6, 6.07) is 14.5. The highest BCUT2D eigenvalue weighted by Gasteiger charge is 2.12. The van der Waals surface area contributed by atoms with Crippen LogP contribution in [0, 0.1) is 0 Å². The predicted octanol–water partition coefficient (Wildman–Crippen LogP) is 3.66. The number of ether oxygens (including phenoxy) is 1. The number of halogens is 1. The Bertz CT molecular complexity index is 726. The Morgan fingerprint density at radius 3 is 2.65 bits per heavy atom. The molecule has 0 spiro atoms. The van der Waals surface area contributed by atoms with Crippen molar-refractivity contribution in [1.29, 1.82) is 0 Å². The number of aromatic nitrogens is 1. The topological polar surface area (TPSA) is 58.5 Å². The van der Waals surface area contributed by atoms with Crippen LogP contribution in [0.5, 0.6) is 5.88 Å². The molecule has 5 nitrogen and oxygen atoms in total. The average Bonchev–Trinajstić information content (AvgIpc) is 3.18. The molecule has 1 heterocycles. The van der Waals surface area contributed by atoms with E-state index in [0.29, 0.717) is 25.1 Å². The molecule has 0 aliphatic heterocycles. The quantitative estimate of drug-likeness (QED) is 0.297. The van der Waals surface area contributed by atoms with Gasteiger partial charge in [0.25, 0.3) is 0 Å². The molecule has 26 heavy (non-hydrogen) atoms. The van der Waals surface area contributed by atoms with Crippen LogP contribution in [0.2, 0.25) is 0 Å². The van der Waals surface area contributed by atoms with E-state index in [2.05, 4.69) is 32.8 Å². The summed E-state index contributed by atoms with van der Waals surface area (Å²) in [5, 5.41) is 6.77. The lowest BCUT2D eigenvalue weighted by atomic mass is 10.2. The molecule has 0 radical (unpaired) electrons. The Labute approximate surface area is 172 Å². The normalized spacial score (nSPS) is 14.0. The molecule has 2 aromatic rings. The first-order chi connectivity index (χ1) is 12.3. The lowest BCUT2D eigenvalue weighted by Crippen LogP contribution is -2.42. The summed E-state index contributed by atoms with van der Waals surface area (Å²) in [6.07, 6.45) is 8.22. The summed E-state index contributed by atoms with van der Waals surface area (Å²) in [6.45, 7) is 1.11. The molecule has 0 amide bonds. The Kier molecular flexibility index (Phi) is 8.40. The molecule has 0 fully saturated rings. The zero-order valence-electron chi connectivity index (χ0n) is 14.9. The molecule has 0 saturated carbocycles. The van der Waals surface area contributed by atoms with Gasteiger partial charge in [0.05, 0.1) is 0 Å². The molecule has 138 valence electrons. The van der Waals surface area contributed by atoms with Crippen molar-refractivity contribution in [2.75, 3.05) is 7.05 Å². The smallest absolute Gasteiger partial charge is 0.218 e. The highest BCUT2D eigenvalue weighted by molar-refractivity contribution is 14.0. The van der Waals surface area contributed by atoms with Crippen LogP contribution in [-0.4, -0.2) is 24.0 Å². The SMILES string of the molecule is CN=C(NCc1cccnc1OCc1ccccc1)NC1CC=CC1.I. The number of pyridine rings is 1. The number of rotatable bonds is 6. The lowest BCUT2D eigenvalue weighted by Gasteiger charge is -2.17. The van der Waals surface area contributed by atoms with Crippen molar-refractivity contribution in [2.45, 2.75) is 32.0 Å². The second kappa shape index (κ2) is 10.8. The third-order valence-corrected chi connectivity index (χ3v) is 4.09. The second-order valence-electron chi connectivity index (χ2n) is 5.95. The molecule has 3 rings (SSSR count).